The van der Waals surface area contributed by atoms with E-state index in [1.165, 1.54) is 11.1 Å². The minimum absolute atomic E-state index is 0.774. The highest BCUT2D eigenvalue weighted by Crippen LogP contribution is 2.26. The standard InChI is InChI=1S/C11H12BrN3/c1-7-4-9(5-8(2)10(7)12)11-13-6-15(3)14-11/h4-6H,1-3H3. The Balaban J connectivity index is 2.55. The van der Waals surface area contributed by atoms with Gasteiger partial charge in [-0.3, -0.25) is 4.68 Å². The van der Waals surface area contributed by atoms with E-state index in [0.717, 1.165) is 15.9 Å². The maximum atomic E-state index is 4.28. The van der Waals surface area contributed by atoms with Crippen LogP contribution in [-0.4, -0.2) is 14.8 Å². The summed E-state index contributed by atoms with van der Waals surface area (Å²) in [6.45, 7) is 4.15. The van der Waals surface area contributed by atoms with Gasteiger partial charge in [0.05, 0.1) is 0 Å². The number of aromatic nitrogens is 3. The molecule has 0 atom stereocenters. The molecule has 1 heterocycles. The van der Waals surface area contributed by atoms with Crippen molar-refractivity contribution in [3.05, 3.63) is 34.1 Å². The molecule has 0 unspecified atom stereocenters. The number of aryl methyl sites for hydroxylation is 3. The number of rotatable bonds is 1. The molecule has 2 rings (SSSR count). The van der Waals surface area contributed by atoms with Crippen molar-refractivity contribution in [3.8, 4) is 11.4 Å². The summed E-state index contributed by atoms with van der Waals surface area (Å²) >= 11 is 3.54. The zero-order valence-corrected chi connectivity index (χ0v) is 10.5. The van der Waals surface area contributed by atoms with Crippen molar-refractivity contribution in [3.63, 3.8) is 0 Å². The largest absolute Gasteiger partial charge is 0.255 e. The third-order valence-electron chi connectivity index (χ3n) is 2.29. The van der Waals surface area contributed by atoms with Gasteiger partial charge in [0.1, 0.15) is 6.33 Å². The van der Waals surface area contributed by atoms with Crippen LogP contribution in [0.2, 0.25) is 0 Å². The molecule has 0 aliphatic carbocycles. The van der Waals surface area contributed by atoms with E-state index in [1.807, 2.05) is 7.05 Å². The van der Waals surface area contributed by atoms with E-state index < -0.39 is 0 Å². The van der Waals surface area contributed by atoms with Gasteiger partial charge >= 0.3 is 0 Å². The van der Waals surface area contributed by atoms with Gasteiger partial charge < -0.3 is 0 Å². The molecule has 0 saturated heterocycles. The predicted molar refractivity (Wildman–Crippen MR) is 63.6 cm³/mol. The van der Waals surface area contributed by atoms with Crippen LogP contribution in [0.15, 0.2) is 22.9 Å². The maximum absolute atomic E-state index is 4.28. The predicted octanol–water partition coefficient (Wildman–Crippen LogP) is 2.86. The molecule has 0 aliphatic heterocycles. The molecule has 1 aromatic carbocycles. The fourth-order valence-electron chi connectivity index (χ4n) is 1.55. The van der Waals surface area contributed by atoms with Gasteiger partial charge in [-0.2, -0.15) is 5.10 Å². The average Bonchev–Trinajstić information content (AvgIpc) is 2.60. The first-order valence-electron chi connectivity index (χ1n) is 4.70. The molecule has 3 nitrogen and oxygen atoms in total. The summed E-state index contributed by atoms with van der Waals surface area (Å²) in [7, 11) is 1.87. The SMILES string of the molecule is Cc1cc(-c2ncn(C)n2)cc(C)c1Br. The monoisotopic (exact) mass is 265 g/mol. The first-order valence-corrected chi connectivity index (χ1v) is 5.50. The fourth-order valence-corrected chi connectivity index (χ4v) is 1.78. The first-order chi connectivity index (χ1) is 7.08. The molecule has 0 bridgehead atoms. The van der Waals surface area contributed by atoms with Crippen molar-refractivity contribution in [1.29, 1.82) is 0 Å². The normalized spacial score (nSPS) is 10.7. The molecule has 4 heteroatoms. The minimum atomic E-state index is 0.774. The summed E-state index contributed by atoms with van der Waals surface area (Å²) in [5.41, 5.74) is 3.48. The third-order valence-corrected chi connectivity index (χ3v) is 3.55. The molecule has 0 radical (unpaired) electrons. The van der Waals surface area contributed by atoms with Gasteiger partial charge in [-0.25, -0.2) is 4.98 Å². The Morgan fingerprint density at radius 3 is 2.27 bits per heavy atom. The zero-order valence-electron chi connectivity index (χ0n) is 8.95. The second-order valence-corrected chi connectivity index (χ2v) is 4.46. The van der Waals surface area contributed by atoms with Crippen LogP contribution in [0.4, 0.5) is 0 Å². The molecule has 2 aromatic rings. The van der Waals surface area contributed by atoms with Gasteiger partial charge in [0.25, 0.3) is 0 Å². The highest BCUT2D eigenvalue weighted by atomic mass is 79.9. The summed E-state index contributed by atoms with van der Waals surface area (Å²) in [6.07, 6.45) is 1.71. The van der Waals surface area contributed by atoms with Crippen molar-refractivity contribution < 1.29 is 0 Å². The number of hydrogen-bond acceptors (Lipinski definition) is 2. The average molecular weight is 266 g/mol. The lowest BCUT2D eigenvalue weighted by Crippen LogP contribution is -1.90. The number of hydrogen-bond donors (Lipinski definition) is 0. The molecule has 0 N–H and O–H groups in total. The van der Waals surface area contributed by atoms with E-state index >= 15 is 0 Å². The van der Waals surface area contributed by atoms with Crippen LogP contribution in [0.1, 0.15) is 11.1 Å². The van der Waals surface area contributed by atoms with Crippen molar-refractivity contribution in [1.82, 2.24) is 14.8 Å². The quantitative estimate of drug-likeness (QED) is 0.794. The van der Waals surface area contributed by atoms with Crippen LogP contribution in [0.3, 0.4) is 0 Å². The highest BCUT2D eigenvalue weighted by molar-refractivity contribution is 9.10. The zero-order chi connectivity index (χ0) is 11.0. The third kappa shape index (κ3) is 1.95. The molecule has 0 spiro atoms. The molecule has 78 valence electrons. The molecular formula is C11H12BrN3. The molecule has 1 aromatic heterocycles. The van der Waals surface area contributed by atoms with Crippen LogP contribution in [0.5, 0.6) is 0 Å². The number of nitrogens with zero attached hydrogens (tertiary/aromatic N) is 3. The van der Waals surface area contributed by atoms with E-state index in [1.54, 1.807) is 11.0 Å². The molecule has 0 saturated carbocycles. The van der Waals surface area contributed by atoms with Gasteiger partial charge in [-0.1, -0.05) is 15.9 Å². The van der Waals surface area contributed by atoms with Crippen molar-refractivity contribution in [2.24, 2.45) is 7.05 Å². The smallest absolute Gasteiger partial charge is 0.181 e. The van der Waals surface area contributed by atoms with Crippen molar-refractivity contribution in [2.45, 2.75) is 13.8 Å². The van der Waals surface area contributed by atoms with Gasteiger partial charge in [0.15, 0.2) is 5.82 Å². The first kappa shape index (κ1) is 10.4. The Morgan fingerprint density at radius 2 is 1.80 bits per heavy atom. The van der Waals surface area contributed by atoms with E-state index in [9.17, 15) is 0 Å². The van der Waals surface area contributed by atoms with Crippen molar-refractivity contribution in [2.75, 3.05) is 0 Å². The summed E-state index contributed by atoms with van der Waals surface area (Å²) in [5, 5.41) is 4.28. The molecular weight excluding hydrogens is 254 g/mol. The Hall–Kier alpha value is -1.16. The van der Waals surface area contributed by atoms with E-state index in [2.05, 4.69) is 52.0 Å². The van der Waals surface area contributed by atoms with Gasteiger partial charge in [0, 0.05) is 17.1 Å². The summed E-state index contributed by atoms with van der Waals surface area (Å²) in [4.78, 5) is 4.23. The van der Waals surface area contributed by atoms with Crippen LogP contribution in [0.25, 0.3) is 11.4 Å². The van der Waals surface area contributed by atoms with E-state index in [-0.39, 0.29) is 0 Å². The lowest BCUT2D eigenvalue weighted by atomic mass is 10.1. The van der Waals surface area contributed by atoms with Crippen LogP contribution in [-0.2, 0) is 7.05 Å². The topological polar surface area (TPSA) is 30.7 Å². The lowest BCUT2D eigenvalue weighted by Gasteiger charge is -2.05. The molecule has 0 aliphatic rings. The summed E-state index contributed by atoms with van der Waals surface area (Å²) in [6, 6.07) is 4.18. The fraction of sp³-hybridized carbons (Fsp3) is 0.273. The molecule has 15 heavy (non-hydrogen) atoms. The van der Waals surface area contributed by atoms with Crippen LogP contribution >= 0.6 is 15.9 Å². The highest BCUT2D eigenvalue weighted by Gasteiger charge is 2.07. The van der Waals surface area contributed by atoms with Crippen LogP contribution < -0.4 is 0 Å². The lowest BCUT2D eigenvalue weighted by molar-refractivity contribution is 0.768. The van der Waals surface area contributed by atoms with Gasteiger partial charge in [0.2, 0.25) is 0 Å². The van der Waals surface area contributed by atoms with Crippen molar-refractivity contribution >= 4 is 15.9 Å². The Morgan fingerprint density at radius 1 is 1.20 bits per heavy atom. The number of benzene rings is 1. The van der Waals surface area contributed by atoms with Gasteiger partial charge in [-0.05, 0) is 37.1 Å². The second-order valence-electron chi connectivity index (χ2n) is 3.67. The Kier molecular flexibility index (Phi) is 2.61. The molecule has 0 amide bonds. The van der Waals surface area contributed by atoms with E-state index in [4.69, 9.17) is 0 Å². The Labute approximate surface area is 97.3 Å². The summed E-state index contributed by atoms with van der Waals surface area (Å²) in [5.74, 6) is 0.774. The minimum Gasteiger partial charge on any atom is -0.255 e. The maximum Gasteiger partial charge on any atom is 0.181 e. The number of halogens is 1. The van der Waals surface area contributed by atoms with E-state index in [0.29, 0.717) is 0 Å². The van der Waals surface area contributed by atoms with Crippen LogP contribution in [0, 0.1) is 13.8 Å². The Bertz CT molecular complexity index is 479. The van der Waals surface area contributed by atoms with Gasteiger partial charge in [-0.15, -0.1) is 0 Å². The summed E-state index contributed by atoms with van der Waals surface area (Å²) < 4.78 is 2.87. The second kappa shape index (κ2) is 3.77. The molecule has 0 fully saturated rings.